The summed E-state index contributed by atoms with van der Waals surface area (Å²) in [7, 11) is 0.888. The number of benzene rings is 1. The van der Waals surface area contributed by atoms with Gasteiger partial charge in [-0.05, 0) is 31.0 Å². The number of aromatic nitrogens is 3. The average molecular weight is 490 g/mol. The largest absolute Gasteiger partial charge is 0.451 e. The lowest BCUT2D eigenvalue weighted by molar-refractivity contribution is -0.147. The Balaban J connectivity index is 1.82. The van der Waals surface area contributed by atoms with Gasteiger partial charge in [0.1, 0.15) is 0 Å². The molecular weight excluding hydrogens is 475 g/mol. The monoisotopic (exact) mass is 490 g/mol. The van der Waals surface area contributed by atoms with E-state index in [4.69, 9.17) is 0 Å². The second kappa shape index (κ2) is 8.09. The predicted molar refractivity (Wildman–Crippen MR) is 93.1 cm³/mol. The Bertz CT molecular complexity index is 1070. The summed E-state index contributed by atoms with van der Waals surface area (Å²) in [6, 6.07) is -0.323. The lowest BCUT2D eigenvalue weighted by Crippen LogP contribution is -2.41. The van der Waals surface area contributed by atoms with E-state index >= 15 is 0 Å². The highest BCUT2D eigenvalue weighted by atomic mass is 19.4. The van der Waals surface area contributed by atoms with Crippen molar-refractivity contribution in [1.82, 2.24) is 19.2 Å². The maximum atomic E-state index is 13.0. The van der Waals surface area contributed by atoms with Crippen LogP contribution in [-0.4, -0.2) is 38.2 Å². The topological polar surface area (TPSA) is 60.1 Å². The molecule has 0 N–H and O–H groups in total. The summed E-state index contributed by atoms with van der Waals surface area (Å²) in [6.45, 7) is -0.434. The van der Waals surface area contributed by atoms with Crippen molar-refractivity contribution in [2.24, 2.45) is 7.05 Å². The van der Waals surface area contributed by atoms with Crippen molar-refractivity contribution in [2.75, 3.05) is 13.1 Å². The summed E-state index contributed by atoms with van der Waals surface area (Å²) in [4.78, 5) is 25.7. The van der Waals surface area contributed by atoms with Crippen molar-refractivity contribution >= 4 is 5.91 Å². The fraction of sp³-hybridized carbons (Fsp3) is 0.500. The van der Waals surface area contributed by atoms with Gasteiger partial charge >= 0.3 is 24.2 Å². The molecule has 1 saturated heterocycles. The van der Waals surface area contributed by atoms with Crippen molar-refractivity contribution in [3.05, 3.63) is 51.2 Å². The summed E-state index contributed by atoms with van der Waals surface area (Å²) in [6.07, 6.45) is -15.3. The zero-order valence-electron chi connectivity index (χ0n) is 16.6. The fourth-order valence-corrected chi connectivity index (χ4v) is 3.52. The molecule has 1 aromatic heterocycles. The van der Waals surface area contributed by atoms with Gasteiger partial charge in [0.2, 0.25) is 5.82 Å². The van der Waals surface area contributed by atoms with Gasteiger partial charge in [-0.1, -0.05) is 0 Å². The highest BCUT2D eigenvalue weighted by Crippen LogP contribution is 2.37. The van der Waals surface area contributed by atoms with Crippen LogP contribution in [0.1, 0.15) is 46.2 Å². The number of hydrogen-bond donors (Lipinski definition) is 0. The molecule has 3 rings (SSSR count). The molecule has 2 heterocycles. The Labute approximate surface area is 179 Å². The standard InChI is InChI=1S/C18H15F9N4O2/c1-29-14(18(25,26)27)28-31(15(29)33)12-2-4-30(5-3-12)13(32)9-6-10(16(19,20)21)8-11(7-9)17(22,23)24/h6-8,12H,2-5H2,1H3. The van der Waals surface area contributed by atoms with Crippen LogP contribution in [0.5, 0.6) is 0 Å². The van der Waals surface area contributed by atoms with E-state index in [0.717, 1.165) is 11.9 Å². The number of alkyl halides is 9. The third-order valence-corrected chi connectivity index (χ3v) is 5.19. The number of rotatable bonds is 2. The van der Waals surface area contributed by atoms with Gasteiger partial charge in [-0.15, -0.1) is 5.10 Å². The van der Waals surface area contributed by atoms with Crippen LogP contribution in [0, 0.1) is 0 Å². The first kappa shape index (κ1) is 24.6. The van der Waals surface area contributed by atoms with Gasteiger partial charge in [0.25, 0.3) is 5.91 Å². The van der Waals surface area contributed by atoms with Gasteiger partial charge in [0, 0.05) is 25.7 Å². The molecule has 0 spiro atoms. The molecule has 15 heteroatoms. The Morgan fingerprint density at radius 3 is 1.76 bits per heavy atom. The molecule has 2 aromatic rings. The average Bonchev–Trinajstić information content (AvgIpc) is 3.01. The van der Waals surface area contributed by atoms with E-state index in [1.807, 2.05) is 0 Å². The third kappa shape index (κ3) is 5.00. The first-order chi connectivity index (χ1) is 15.0. The van der Waals surface area contributed by atoms with Crippen molar-refractivity contribution in [2.45, 2.75) is 37.4 Å². The van der Waals surface area contributed by atoms with Crippen LogP contribution in [0.4, 0.5) is 39.5 Å². The number of nitrogens with zero attached hydrogens (tertiary/aromatic N) is 4. The van der Waals surface area contributed by atoms with E-state index in [9.17, 15) is 49.1 Å². The SMILES string of the molecule is Cn1c(C(F)(F)F)nn(C2CCN(C(=O)c3cc(C(F)(F)F)cc(C(F)(F)F)c3)CC2)c1=O. The Morgan fingerprint density at radius 1 is 0.879 bits per heavy atom. The maximum Gasteiger partial charge on any atom is 0.451 e. The summed E-state index contributed by atoms with van der Waals surface area (Å²) in [5.41, 5.74) is -5.16. The minimum atomic E-state index is -5.13. The van der Waals surface area contributed by atoms with Gasteiger partial charge in [-0.25, -0.2) is 9.48 Å². The molecule has 0 bridgehead atoms. The molecule has 0 atom stereocenters. The number of carbonyl (C=O) groups is 1. The van der Waals surface area contributed by atoms with Crippen molar-refractivity contribution < 1.29 is 44.3 Å². The van der Waals surface area contributed by atoms with Gasteiger partial charge in [-0.2, -0.15) is 39.5 Å². The number of piperidine rings is 1. The van der Waals surface area contributed by atoms with Crippen LogP contribution in [-0.2, 0) is 25.6 Å². The number of amides is 1. The highest BCUT2D eigenvalue weighted by molar-refractivity contribution is 5.94. The number of halogens is 9. The van der Waals surface area contributed by atoms with Crippen LogP contribution < -0.4 is 5.69 Å². The van der Waals surface area contributed by atoms with Crippen LogP contribution in [0.2, 0.25) is 0 Å². The number of carbonyl (C=O) groups excluding carboxylic acids is 1. The van der Waals surface area contributed by atoms with Crippen molar-refractivity contribution in [3.63, 3.8) is 0 Å². The van der Waals surface area contributed by atoms with Crippen molar-refractivity contribution in [1.29, 1.82) is 0 Å². The zero-order chi connectivity index (χ0) is 24.9. The predicted octanol–water partition coefficient (Wildman–Crippen LogP) is 4.12. The van der Waals surface area contributed by atoms with E-state index < -0.39 is 58.7 Å². The van der Waals surface area contributed by atoms with Crippen LogP contribution in [0.3, 0.4) is 0 Å². The first-order valence-corrected chi connectivity index (χ1v) is 9.31. The summed E-state index contributed by atoms with van der Waals surface area (Å²) in [5, 5.41) is 3.30. The molecule has 0 radical (unpaired) electrons. The molecule has 1 aromatic carbocycles. The summed E-state index contributed by atoms with van der Waals surface area (Å²) >= 11 is 0. The second-order valence-electron chi connectivity index (χ2n) is 7.43. The Kier molecular flexibility index (Phi) is 6.04. The van der Waals surface area contributed by atoms with Gasteiger partial charge < -0.3 is 4.90 Å². The quantitative estimate of drug-likeness (QED) is 0.596. The van der Waals surface area contributed by atoms with E-state index in [2.05, 4.69) is 5.10 Å². The normalized spacial score (nSPS) is 16.4. The molecule has 1 fully saturated rings. The lowest BCUT2D eigenvalue weighted by Gasteiger charge is -2.32. The Hall–Kier alpha value is -3.00. The van der Waals surface area contributed by atoms with Crippen molar-refractivity contribution in [3.8, 4) is 0 Å². The molecule has 1 aliphatic heterocycles. The third-order valence-electron chi connectivity index (χ3n) is 5.19. The van der Waals surface area contributed by atoms with Gasteiger partial charge in [0.15, 0.2) is 0 Å². The van der Waals surface area contributed by atoms with Gasteiger partial charge in [0.05, 0.1) is 17.2 Å². The van der Waals surface area contributed by atoms with E-state index in [1.165, 1.54) is 0 Å². The minimum absolute atomic E-state index is 0.0783. The maximum absolute atomic E-state index is 13.0. The lowest BCUT2D eigenvalue weighted by atomic mass is 10.0. The second-order valence-corrected chi connectivity index (χ2v) is 7.43. The molecular formula is C18H15F9N4O2. The van der Waals surface area contributed by atoms with Gasteiger partial charge in [-0.3, -0.25) is 9.36 Å². The molecule has 0 saturated carbocycles. The van der Waals surface area contributed by atoms with E-state index in [-0.39, 0.29) is 32.0 Å². The van der Waals surface area contributed by atoms with Crippen LogP contribution >= 0.6 is 0 Å². The minimum Gasteiger partial charge on any atom is -0.338 e. The van der Waals surface area contributed by atoms with Crippen LogP contribution in [0.15, 0.2) is 23.0 Å². The van der Waals surface area contributed by atoms with Crippen LogP contribution in [0.25, 0.3) is 0 Å². The first-order valence-electron chi connectivity index (χ1n) is 9.31. The fourth-order valence-electron chi connectivity index (χ4n) is 3.52. The summed E-state index contributed by atoms with van der Waals surface area (Å²) < 4.78 is 118. The molecule has 6 nitrogen and oxygen atoms in total. The molecule has 1 aliphatic rings. The number of likely N-dealkylation sites (tertiary alicyclic amines) is 1. The molecule has 0 aliphatic carbocycles. The molecule has 182 valence electrons. The van der Waals surface area contributed by atoms with E-state index in [1.54, 1.807) is 0 Å². The smallest absolute Gasteiger partial charge is 0.338 e. The Morgan fingerprint density at radius 2 is 1.36 bits per heavy atom. The molecule has 33 heavy (non-hydrogen) atoms. The number of hydrogen-bond acceptors (Lipinski definition) is 3. The summed E-state index contributed by atoms with van der Waals surface area (Å²) in [5.74, 6) is -2.52. The zero-order valence-corrected chi connectivity index (χ0v) is 16.6. The van der Waals surface area contributed by atoms with E-state index in [0.29, 0.717) is 21.4 Å². The highest BCUT2D eigenvalue weighted by Gasteiger charge is 2.40. The molecule has 1 amide bonds. The molecule has 0 unspecified atom stereocenters.